The summed E-state index contributed by atoms with van der Waals surface area (Å²) in [6.07, 6.45) is 0. The third-order valence-corrected chi connectivity index (χ3v) is 1.19. The summed E-state index contributed by atoms with van der Waals surface area (Å²) >= 11 is 0. The van der Waals surface area contributed by atoms with Crippen molar-refractivity contribution in [3.05, 3.63) is 11.5 Å². The molecule has 1 radical (unpaired) electrons. The van der Waals surface area contributed by atoms with Gasteiger partial charge < -0.3 is 4.42 Å². The fourth-order valence-electron chi connectivity index (χ4n) is 0.576. The minimum absolute atomic E-state index is 0.331. The summed E-state index contributed by atoms with van der Waals surface area (Å²) in [5.74, 6) is 0.770. The van der Waals surface area contributed by atoms with Gasteiger partial charge in [0.05, 0.1) is 12.4 Å². The molecule has 0 aliphatic carbocycles. The maximum Gasteiger partial charge on any atom is 0.316 e. The molecule has 10 heavy (non-hydrogen) atoms. The first kappa shape index (κ1) is 6.80. The summed E-state index contributed by atoms with van der Waals surface area (Å²) < 4.78 is 5.06. The van der Waals surface area contributed by atoms with Gasteiger partial charge in [-0.25, -0.2) is 5.43 Å². The molecule has 0 unspecified atom stereocenters. The zero-order valence-electron chi connectivity index (χ0n) is 5.88. The van der Waals surface area contributed by atoms with Gasteiger partial charge in [0, 0.05) is 0 Å². The summed E-state index contributed by atoms with van der Waals surface area (Å²) in [6.45, 7) is 8.50. The van der Waals surface area contributed by atoms with E-state index in [0.29, 0.717) is 6.01 Å². The van der Waals surface area contributed by atoms with Crippen LogP contribution in [0.1, 0.15) is 11.5 Å². The number of aryl methyl sites for hydroxylation is 2. The average Bonchev–Trinajstić information content (AvgIpc) is 2.14. The lowest BCUT2D eigenvalue weighted by atomic mass is 10.4. The second kappa shape index (κ2) is 2.51. The van der Waals surface area contributed by atoms with Gasteiger partial charge in [-0.1, -0.05) is 0 Å². The Bertz CT molecular complexity index is 222. The van der Waals surface area contributed by atoms with Crippen LogP contribution in [0.15, 0.2) is 9.52 Å². The third kappa shape index (κ3) is 1.15. The maximum absolute atomic E-state index is 5.06. The highest BCUT2D eigenvalue weighted by Gasteiger charge is 2.02. The van der Waals surface area contributed by atoms with Crippen molar-refractivity contribution in [3.63, 3.8) is 0 Å². The highest BCUT2D eigenvalue weighted by Crippen LogP contribution is 2.11. The van der Waals surface area contributed by atoms with Gasteiger partial charge in [0.25, 0.3) is 0 Å². The van der Waals surface area contributed by atoms with Gasteiger partial charge in [0.1, 0.15) is 5.76 Å². The molecule has 0 saturated heterocycles. The molecule has 53 valence electrons. The van der Waals surface area contributed by atoms with Crippen LogP contribution < -0.4 is 5.43 Å². The molecular weight excluding hydrogens is 130 g/mol. The van der Waals surface area contributed by atoms with Crippen molar-refractivity contribution in [3.8, 4) is 0 Å². The lowest BCUT2D eigenvalue weighted by Gasteiger charge is -1.86. The van der Waals surface area contributed by atoms with E-state index in [0.717, 1.165) is 11.5 Å². The number of oxazole rings is 1. The normalized spacial score (nSPS) is 9.40. The monoisotopic (exact) mass is 138 g/mol. The molecule has 1 rings (SSSR count). The quantitative estimate of drug-likeness (QED) is 0.493. The Morgan fingerprint density at radius 2 is 2.30 bits per heavy atom. The van der Waals surface area contributed by atoms with Crippen molar-refractivity contribution in [1.82, 2.24) is 4.98 Å². The number of hydrogen-bond acceptors (Lipinski definition) is 4. The van der Waals surface area contributed by atoms with Crippen molar-refractivity contribution >= 4 is 12.7 Å². The molecular formula is C6H8N3O. The molecule has 0 aliphatic heterocycles. The molecule has 1 N–H and O–H groups in total. The Labute approximate surface area is 59.0 Å². The predicted octanol–water partition coefficient (Wildman–Crippen LogP) is 1.20. The van der Waals surface area contributed by atoms with E-state index >= 15 is 0 Å². The summed E-state index contributed by atoms with van der Waals surface area (Å²) in [5.41, 5.74) is 3.23. The molecule has 1 heterocycles. The maximum atomic E-state index is 5.06. The Balaban J connectivity index is 2.86. The Kier molecular flexibility index (Phi) is 1.71. The highest BCUT2D eigenvalue weighted by atomic mass is 16.4. The molecule has 4 heteroatoms. The summed E-state index contributed by atoms with van der Waals surface area (Å²) in [6, 6.07) is 0.331. The van der Waals surface area contributed by atoms with Gasteiger partial charge in [-0.3, -0.25) is 0 Å². The molecule has 4 nitrogen and oxygen atoms in total. The molecule has 0 aromatic carbocycles. The number of anilines is 1. The second-order valence-corrected chi connectivity index (χ2v) is 1.90. The van der Waals surface area contributed by atoms with Crippen LogP contribution in [0.25, 0.3) is 0 Å². The summed E-state index contributed by atoms with van der Waals surface area (Å²) in [5, 5.41) is 3.15. The zero-order valence-corrected chi connectivity index (χ0v) is 5.88. The van der Waals surface area contributed by atoms with E-state index in [1.807, 2.05) is 13.8 Å². The molecule has 1 aromatic heterocycles. The van der Waals surface area contributed by atoms with E-state index < -0.39 is 0 Å². The lowest BCUT2D eigenvalue weighted by molar-refractivity contribution is 0.540. The first-order valence-electron chi connectivity index (χ1n) is 2.84. The van der Waals surface area contributed by atoms with Gasteiger partial charge in [-0.15, -0.1) is 0 Å². The molecule has 0 saturated carbocycles. The van der Waals surface area contributed by atoms with Gasteiger partial charge in [0.2, 0.25) is 0 Å². The standard InChI is InChI=1S/C6H8N3O/c1-4-5(2)10-6(8-4)9-7-3/h3H,1-2H3,(H,8,9). The first-order valence-corrected chi connectivity index (χ1v) is 2.84. The topological polar surface area (TPSA) is 50.4 Å². The Morgan fingerprint density at radius 1 is 1.60 bits per heavy atom. The smallest absolute Gasteiger partial charge is 0.316 e. The van der Waals surface area contributed by atoms with Gasteiger partial charge >= 0.3 is 6.01 Å². The summed E-state index contributed by atoms with van der Waals surface area (Å²) in [7, 11) is 0. The molecule has 0 amide bonds. The van der Waals surface area contributed by atoms with E-state index in [1.54, 1.807) is 0 Å². The Morgan fingerprint density at radius 3 is 2.70 bits per heavy atom. The molecule has 0 aliphatic rings. The molecule has 0 fully saturated rings. The zero-order chi connectivity index (χ0) is 7.56. The van der Waals surface area contributed by atoms with E-state index in [-0.39, 0.29) is 0 Å². The number of hydrogen-bond donors (Lipinski definition) is 1. The van der Waals surface area contributed by atoms with Gasteiger partial charge in [-0.05, 0) is 13.8 Å². The fourth-order valence-corrected chi connectivity index (χ4v) is 0.576. The minimum Gasteiger partial charge on any atom is -0.428 e. The van der Waals surface area contributed by atoms with Crippen LogP contribution >= 0.6 is 0 Å². The van der Waals surface area contributed by atoms with Crippen LogP contribution in [-0.2, 0) is 0 Å². The minimum atomic E-state index is 0.331. The number of aromatic nitrogens is 1. The SMILES string of the molecule is [CH]=NNc1nc(C)c(C)o1. The van der Waals surface area contributed by atoms with Crippen LogP contribution in [0.3, 0.4) is 0 Å². The number of nitrogens with one attached hydrogen (secondary N) is 1. The first-order chi connectivity index (χ1) is 4.74. The summed E-state index contributed by atoms with van der Waals surface area (Å²) in [4.78, 5) is 3.95. The van der Waals surface area contributed by atoms with Crippen molar-refractivity contribution < 1.29 is 4.42 Å². The second-order valence-electron chi connectivity index (χ2n) is 1.90. The van der Waals surface area contributed by atoms with Crippen LogP contribution in [-0.4, -0.2) is 11.7 Å². The molecule has 0 bridgehead atoms. The van der Waals surface area contributed by atoms with Gasteiger partial charge in [-0.2, -0.15) is 10.1 Å². The van der Waals surface area contributed by atoms with E-state index in [1.165, 1.54) is 0 Å². The molecule has 0 spiro atoms. The molecule has 1 aromatic rings. The highest BCUT2D eigenvalue weighted by molar-refractivity contribution is 5.30. The van der Waals surface area contributed by atoms with E-state index in [2.05, 4.69) is 15.5 Å². The van der Waals surface area contributed by atoms with Crippen molar-refractivity contribution in [2.24, 2.45) is 5.10 Å². The number of nitrogens with zero attached hydrogens (tertiary/aromatic N) is 2. The van der Waals surface area contributed by atoms with E-state index in [4.69, 9.17) is 11.1 Å². The lowest BCUT2D eigenvalue weighted by Crippen LogP contribution is -1.84. The average molecular weight is 138 g/mol. The third-order valence-electron chi connectivity index (χ3n) is 1.19. The molecule has 0 atom stereocenters. The predicted molar refractivity (Wildman–Crippen MR) is 38.1 cm³/mol. The number of rotatable bonds is 2. The largest absolute Gasteiger partial charge is 0.428 e. The van der Waals surface area contributed by atoms with Crippen molar-refractivity contribution in [2.75, 3.05) is 5.43 Å². The van der Waals surface area contributed by atoms with Crippen LogP contribution in [0, 0.1) is 13.8 Å². The van der Waals surface area contributed by atoms with Crippen LogP contribution in [0.4, 0.5) is 6.01 Å². The van der Waals surface area contributed by atoms with Crippen molar-refractivity contribution in [2.45, 2.75) is 13.8 Å². The Hall–Kier alpha value is -1.32. The van der Waals surface area contributed by atoms with Crippen LogP contribution in [0.2, 0.25) is 0 Å². The van der Waals surface area contributed by atoms with Crippen LogP contribution in [0.5, 0.6) is 0 Å². The van der Waals surface area contributed by atoms with Crippen molar-refractivity contribution in [1.29, 1.82) is 0 Å². The fraction of sp³-hybridized carbons (Fsp3) is 0.333. The van der Waals surface area contributed by atoms with E-state index in [9.17, 15) is 0 Å². The number of hydrazone groups is 1. The van der Waals surface area contributed by atoms with Gasteiger partial charge in [0.15, 0.2) is 0 Å².